The summed E-state index contributed by atoms with van der Waals surface area (Å²) >= 11 is 0. The van der Waals surface area contributed by atoms with Crippen molar-refractivity contribution < 1.29 is 0 Å². The fourth-order valence-electron chi connectivity index (χ4n) is 6.25. The number of rotatable bonds is 19. The maximum absolute atomic E-state index is 13.1. The summed E-state index contributed by atoms with van der Waals surface area (Å²) in [6.45, 7) is 7.18. The monoisotopic (exact) mass is 543 g/mol. The Labute approximate surface area is 237 Å². The molecule has 0 spiro atoms. The molecule has 0 amide bonds. The smallest absolute Gasteiger partial charge is 0.321 e. The fourth-order valence-corrected chi connectivity index (χ4v) is 6.25. The number of aryl methyl sites for hydroxylation is 2. The number of likely N-dealkylation sites (tertiary alicyclic amines) is 1. The van der Waals surface area contributed by atoms with E-state index in [-0.39, 0.29) is 11.2 Å². The van der Waals surface area contributed by atoms with Crippen molar-refractivity contribution in [2.45, 2.75) is 155 Å². The van der Waals surface area contributed by atoms with Crippen molar-refractivity contribution in [2.75, 3.05) is 6.54 Å². The summed E-state index contributed by atoms with van der Waals surface area (Å²) in [5.41, 5.74) is 0.576. The van der Waals surface area contributed by atoms with Crippen LogP contribution in [0, 0.1) is 0 Å². The van der Waals surface area contributed by atoms with E-state index < -0.39 is 0 Å². The van der Waals surface area contributed by atoms with E-state index in [1.54, 1.807) is 14.1 Å². The zero-order chi connectivity index (χ0) is 28.0. The van der Waals surface area contributed by atoms with Gasteiger partial charge in [0.25, 0.3) is 5.56 Å². The van der Waals surface area contributed by atoms with Crippen molar-refractivity contribution in [2.24, 2.45) is 14.1 Å². The lowest BCUT2D eigenvalue weighted by atomic mass is 10.0. The Kier molecular flexibility index (Phi) is 13.8. The van der Waals surface area contributed by atoms with E-state index in [1.165, 1.54) is 125 Å². The Hall–Kier alpha value is -1.89. The lowest BCUT2D eigenvalue weighted by molar-refractivity contribution is 0.147. The highest BCUT2D eigenvalue weighted by molar-refractivity contribution is 5.71. The molecule has 3 heterocycles. The van der Waals surface area contributed by atoms with Crippen LogP contribution in [0.2, 0.25) is 0 Å². The highest BCUT2D eigenvalue weighted by atomic mass is 16.2. The molecular weight excluding hydrogens is 486 g/mol. The summed E-state index contributed by atoms with van der Waals surface area (Å²) in [5, 5.41) is 0. The van der Waals surface area contributed by atoms with E-state index in [9.17, 15) is 9.59 Å². The van der Waals surface area contributed by atoms with Crippen LogP contribution in [0.4, 0.5) is 0 Å². The second kappa shape index (κ2) is 17.0. The van der Waals surface area contributed by atoms with E-state index in [1.807, 2.05) is 0 Å². The molecule has 1 atom stereocenters. The largest absolute Gasteiger partial charge is 0.332 e. The van der Waals surface area contributed by atoms with Gasteiger partial charge < -0.3 is 4.57 Å². The second-order valence-corrected chi connectivity index (χ2v) is 12.2. The predicted molar refractivity (Wildman–Crippen MR) is 163 cm³/mol. The van der Waals surface area contributed by atoms with E-state index in [0.717, 1.165) is 31.9 Å². The third-order valence-corrected chi connectivity index (χ3v) is 8.95. The van der Waals surface area contributed by atoms with Crippen LogP contribution in [-0.4, -0.2) is 36.2 Å². The van der Waals surface area contributed by atoms with Crippen LogP contribution >= 0.6 is 0 Å². The lowest BCUT2D eigenvalue weighted by Crippen LogP contribution is -2.38. The van der Waals surface area contributed by atoms with Gasteiger partial charge in [-0.3, -0.25) is 18.8 Å². The van der Waals surface area contributed by atoms with Gasteiger partial charge in [-0.1, -0.05) is 110 Å². The molecule has 3 rings (SSSR count). The number of nitrogens with zero attached hydrogens (tertiary/aromatic N) is 5. The average Bonchev–Trinajstić information content (AvgIpc) is 3.29. The molecule has 7 heteroatoms. The zero-order valence-electron chi connectivity index (χ0n) is 25.7. The Morgan fingerprint density at radius 3 is 1.82 bits per heavy atom. The molecule has 1 saturated heterocycles. The van der Waals surface area contributed by atoms with E-state index >= 15 is 0 Å². The van der Waals surface area contributed by atoms with Gasteiger partial charge in [-0.05, 0) is 32.7 Å². The van der Waals surface area contributed by atoms with Gasteiger partial charge in [0.1, 0.15) is 5.82 Å². The Morgan fingerprint density at radius 2 is 1.28 bits per heavy atom. The van der Waals surface area contributed by atoms with Gasteiger partial charge in [0.2, 0.25) is 0 Å². The van der Waals surface area contributed by atoms with Crippen molar-refractivity contribution in [1.82, 2.24) is 23.6 Å². The molecule has 222 valence electrons. The first-order chi connectivity index (χ1) is 19.0. The highest BCUT2D eigenvalue weighted by Gasteiger charge is 2.24. The van der Waals surface area contributed by atoms with E-state index in [0.29, 0.717) is 17.2 Å². The number of unbranched alkanes of at least 4 members (excludes halogenated alkanes) is 15. The quantitative estimate of drug-likeness (QED) is 0.178. The van der Waals surface area contributed by atoms with Gasteiger partial charge in [-0.25, -0.2) is 9.78 Å². The van der Waals surface area contributed by atoms with Crippen molar-refractivity contribution in [3.05, 3.63) is 26.7 Å². The van der Waals surface area contributed by atoms with Crippen LogP contribution in [0.25, 0.3) is 11.2 Å². The minimum absolute atomic E-state index is 0.227. The first kappa shape index (κ1) is 31.6. The number of piperidine rings is 1. The van der Waals surface area contributed by atoms with Gasteiger partial charge in [-0.15, -0.1) is 0 Å². The van der Waals surface area contributed by atoms with Gasteiger partial charge in [0.15, 0.2) is 11.2 Å². The summed E-state index contributed by atoms with van der Waals surface area (Å²) in [6.07, 6.45) is 25.2. The number of aromatic nitrogens is 4. The van der Waals surface area contributed by atoms with Gasteiger partial charge in [-0.2, -0.15) is 0 Å². The molecular formula is C32H57N5O2. The molecule has 1 aliphatic rings. The second-order valence-electron chi connectivity index (χ2n) is 12.2. The summed E-state index contributed by atoms with van der Waals surface area (Å²) in [6, 6.07) is 0.522. The molecule has 0 radical (unpaired) electrons. The SMILES string of the molecule is CCCCCCCCCCCCCCCCCCn1c(CN2CCCC[C@@H]2C)nc2c1c(=O)n(C)c(=O)n2C. The number of hydrogen-bond donors (Lipinski definition) is 0. The van der Waals surface area contributed by atoms with E-state index in [4.69, 9.17) is 4.98 Å². The molecule has 0 saturated carbocycles. The molecule has 0 unspecified atom stereocenters. The maximum Gasteiger partial charge on any atom is 0.332 e. The van der Waals surface area contributed by atoms with Crippen LogP contribution in [0.3, 0.4) is 0 Å². The number of hydrogen-bond acceptors (Lipinski definition) is 4. The molecule has 7 nitrogen and oxygen atoms in total. The lowest BCUT2D eigenvalue weighted by Gasteiger charge is -2.33. The molecule has 39 heavy (non-hydrogen) atoms. The van der Waals surface area contributed by atoms with Crippen LogP contribution in [0.15, 0.2) is 9.59 Å². The Balaban J connectivity index is 1.42. The minimum Gasteiger partial charge on any atom is -0.321 e. The molecule has 0 aliphatic carbocycles. The van der Waals surface area contributed by atoms with Crippen molar-refractivity contribution >= 4 is 11.2 Å². The van der Waals surface area contributed by atoms with Gasteiger partial charge in [0.05, 0.1) is 6.54 Å². The summed E-state index contributed by atoms with van der Waals surface area (Å²) in [4.78, 5) is 33.0. The standard InChI is InChI=1S/C32H57N5O2/c1-5-6-7-8-9-10-11-12-13-14-15-16-17-18-19-21-25-37-28(26-36-24-22-20-23-27(36)2)33-30-29(37)31(38)35(4)32(39)34(30)3/h27H,5-26H2,1-4H3/t27-/m0/s1. The minimum atomic E-state index is -0.308. The molecule has 2 aromatic heterocycles. The van der Waals surface area contributed by atoms with Crippen LogP contribution < -0.4 is 11.2 Å². The van der Waals surface area contributed by atoms with Gasteiger partial charge in [0, 0.05) is 26.7 Å². The molecule has 1 aliphatic heterocycles. The summed E-state index contributed by atoms with van der Waals surface area (Å²) in [7, 11) is 3.30. The van der Waals surface area contributed by atoms with Crippen molar-refractivity contribution in [3.63, 3.8) is 0 Å². The van der Waals surface area contributed by atoms with E-state index in [2.05, 4.69) is 23.3 Å². The number of fused-ring (bicyclic) bond motifs is 1. The number of imidazole rings is 1. The van der Waals surface area contributed by atoms with Crippen molar-refractivity contribution in [3.8, 4) is 0 Å². The fraction of sp³-hybridized carbons (Fsp3) is 0.844. The van der Waals surface area contributed by atoms with Crippen LogP contribution in [0.1, 0.15) is 142 Å². The summed E-state index contributed by atoms with van der Waals surface area (Å²) < 4.78 is 4.88. The van der Waals surface area contributed by atoms with Crippen LogP contribution in [-0.2, 0) is 27.2 Å². The normalized spacial score (nSPS) is 16.5. The molecule has 0 bridgehead atoms. The zero-order valence-corrected chi connectivity index (χ0v) is 25.7. The Bertz CT molecular complexity index is 1100. The third kappa shape index (κ3) is 9.33. The predicted octanol–water partition coefficient (Wildman–Crippen LogP) is 7.07. The topological polar surface area (TPSA) is 65.1 Å². The molecule has 0 N–H and O–H groups in total. The van der Waals surface area contributed by atoms with Gasteiger partial charge >= 0.3 is 5.69 Å². The summed E-state index contributed by atoms with van der Waals surface area (Å²) in [5.74, 6) is 0.929. The molecule has 1 fully saturated rings. The molecule has 0 aromatic carbocycles. The van der Waals surface area contributed by atoms with Crippen LogP contribution in [0.5, 0.6) is 0 Å². The molecule has 2 aromatic rings. The first-order valence-corrected chi connectivity index (χ1v) is 16.3. The highest BCUT2D eigenvalue weighted by Crippen LogP contribution is 2.21. The Morgan fingerprint density at radius 1 is 0.744 bits per heavy atom. The van der Waals surface area contributed by atoms with Crippen molar-refractivity contribution in [1.29, 1.82) is 0 Å². The first-order valence-electron chi connectivity index (χ1n) is 16.3. The average molecular weight is 544 g/mol. The third-order valence-electron chi connectivity index (χ3n) is 8.95. The maximum atomic E-state index is 13.1.